The van der Waals surface area contributed by atoms with E-state index in [1.165, 1.54) is 0 Å². The third-order valence-electron chi connectivity index (χ3n) is 1.87. The molecule has 2 nitrogen and oxygen atoms in total. The van der Waals surface area contributed by atoms with Crippen LogP contribution in [-0.2, 0) is 0 Å². The highest BCUT2D eigenvalue weighted by molar-refractivity contribution is 14.1. The third kappa shape index (κ3) is 2.34. The summed E-state index contributed by atoms with van der Waals surface area (Å²) < 4.78 is 6.32. The standard InChI is InChI=1S/C10H12IO2/c1-7(6-12)8-4-3-5-9(11)10(8)13-2/h3-5,12H,6H2,1-2H3. The van der Waals surface area contributed by atoms with Crippen molar-refractivity contribution in [3.8, 4) is 5.75 Å². The van der Waals surface area contributed by atoms with E-state index in [0.717, 1.165) is 20.8 Å². The van der Waals surface area contributed by atoms with Crippen LogP contribution in [-0.4, -0.2) is 18.8 Å². The molecule has 0 saturated carbocycles. The first-order valence-electron chi connectivity index (χ1n) is 3.97. The quantitative estimate of drug-likeness (QED) is 0.865. The van der Waals surface area contributed by atoms with Crippen molar-refractivity contribution in [2.75, 3.05) is 13.7 Å². The highest BCUT2D eigenvalue weighted by Crippen LogP contribution is 2.30. The van der Waals surface area contributed by atoms with Gasteiger partial charge in [-0.1, -0.05) is 19.1 Å². The molecule has 13 heavy (non-hydrogen) atoms. The Morgan fingerprint density at radius 1 is 1.54 bits per heavy atom. The van der Waals surface area contributed by atoms with E-state index in [1.807, 2.05) is 25.1 Å². The van der Waals surface area contributed by atoms with E-state index in [0.29, 0.717) is 0 Å². The van der Waals surface area contributed by atoms with Gasteiger partial charge in [-0.25, -0.2) is 0 Å². The first-order valence-corrected chi connectivity index (χ1v) is 5.04. The zero-order valence-electron chi connectivity index (χ0n) is 7.67. The summed E-state index contributed by atoms with van der Waals surface area (Å²) in [4.78, 5) is 0. The van der Waals surface area contributed by atoms with Crippen molar-refractivity contribution in [1.29, 1.82) is 0 Å². The molecule has 0 saturated heterocycles. The molecule has 0 spiro atoms. The number of rotatable bonds is 3. The van der Waals surface area contributed by atoms with Crippen LogP contribution in [0.3, 0.4) is 0 Å². The lowest BCUT2D eigenvalue weighted by Crippen LogP contribution is -2.03. The summed E-state index contributed by atoms with van der Waals surface area (Å²) in [5.74, 6) is 1.77. The van der Waals surface area contributed by atoms with Crippen molar-refractivity contribution in [3.05, 3.63) is 33.3 Å². The molecular formula is C10H12IO2. The summed E-state index contributed by atoms with van der Waals surface area (Å²) in [5, 5.41) is 9.00. The second kappa shape index (κ2) is 4.81. The molecule has 0 heterocycles. The Kier molecular flexibility index (Phi) is 3.99. The lowest BCUT2D eigenvalue weighted by molar-refractivity contribution is 0.312. The second-order valence-corrected chi connectivity index (χ2v) is 3.92. The Bertz CT molecular complexity index is 286. The molecule has 1 aromatic rings. The van der Waals surface area contributed by atoms with Crippen LogP contribution >= 0.6 is 22.6 Å². The maximum absolute atomic E-state index is 9.00. The number of aliphatic hydroxyl groups excluding tert-OH is 1. The van der Waals surface area contributed by atoms with Gasteiger partial charge >= 0.3 is 0 Å². The van der Waals surface area contributed by atoms with Gasteiger partial charge < -0.3 is 9.84 Å². The molecule has 0 atom stereocenters. The van der Waals surface area contributed by atoms with Gasteiger partial charge in [-0.2, -0.15) is 0 Å². The molecule has 0 amide bonds. The van der Waals surface area contributed by atoms with Crippen molar-refractivity contribution < 1.29 is 9.84 Å². The minimum atomic E-state index is 0.0659. The van der Waals surface area contributed by atoms with E-state index in [2.05, 4.69) is 22.6 Å². The molecule has 0 aliphatic heterocycles. The van der Waals surface area contributed by atoms with E-state index >= 15 is 0 Å². The summed E-state index contributed by atoms with van der Waals surface area (Å²) in [5.41, 5.74) is 0.983. The van der Waals surface area contributed by atoms with Crippen molar-refractivity contribution in [1.82, 2.24) is 0 Å². The molecule has 71 valence electrons. The Morgan fingerprint density at radius 3 is 2.77 bits per heavy atom. The predicted octanol–water partition coefficient (Wildman–Crippen LogP) is 2.23. The number of benzene rings is 1. The first-order chi connectivity index (χ1) is 6.20. The molecule has 0 bridgehead atoms. The van der Waals surface area contributed by atoms with Gasteiger partial charge in [0.15, 0.2) is 0 Å². The Hall–Kier alpha value is -0.290. The van der Waals surface area contributed by atoms with Gasteiger partial charge in [0, 0.05) is 11.5 Å². The van der Waals surface area contributed by atoms with Gasteiger partial charge in [-0.15, -0.1) is 0 Å². The van der Waals surface area contributed by atoms with Gasteiger partial charge in [0.1, 0.15) is 5.75 Å². The smallest absolute Gasteiger partial charge is 0.136 e. The average molecular weight is 291 g/mol. The molecule has 3 heteroatoms. The van der Waals surface area contributed by atoms with Crippen molar-refractivity contribution in [3.63, 3.8) is 0 Å². The van der Waals surface area contributed by atoms with E-state index in [-0.39, 0.29) is 6.61 Å². The number of ether oxygens (including phenoxy) is 1. The number of methoxy groups -OCH3 is 1. The molecule has 1 radical (unpaired) electrons. The maximum atomic E-state index is 9.00. The molecule has 0 unspecified atom stereocenters. The third-order valence-corrected chi connectivity index (χ3v) is 2.72. The number of hydrogen-bond acceptors (Lipinski definition) is 2. The van der Waals surface area contributed by atoms with Crippen LogP contribution in [0.5, 0.6) is 5.75 Å². The summed E-state index contributed by atoms with van der Waals surface area (Å²) in [7, 11) is 1.64. The van der Waals surface area contributed by atoms with Gasteiger partial charge in [0.25, 0.3) is 0 Å². The molecular weight excluding hydrogens is 279 g/mol. The van der Waals surface area contributed by atoms with E-state index in [9.17, 15) is 0 Å². The van der Waals surface area contributed by atoms with Crippen molar-refractivity contribution in [2.24, 2.45) is 0 Å². The van der Waals surface area contributed by atoms with Crippen LogP contribution in [0.15, 0.2) is 18.2 Å². The summed E-state index contributed by atoms with van der Waals surface area (Å²) in [6.07, 6.45) is 0. The zero-order valence-corrected chi connectivity index (χ0v) is 9.83. The molecule has 1 rings (SSSR count). The van der Waals surface area contributed by atoms with Gasteiger partial charge in [-0.05, 0) is 28.7 Å². The summed E-state index contributed by atoms with van der Waals surface area (Å²) >= 11 is 2.22. The van der Waals surface area contributed by atoms with E-state index < -0.39 is 0 Å². The average Bonchev–Trinajstić information content (AvgIpc) is 2.16. The first kappa shape index (κ1) is 10.8. The maximum Gasteiger partial charge on any atom is 0.136 e. The molecule has 0 aliphatic carbocycles. The SMILES string of the molecule is COc1c(I)cccc1[C](C)CO. The fourth-order valence-corrected chi connectivity index (χ4v) is 1.86. The lowest BCUT2D eigenvalue weighted by atomic mass is 10.0. The number of aliphatic hydroxyl groups is 1. The summed E-state index contributed by atoms with van der Waals surface area (Å²) in [6.45, 7) is 1.96. The van der Waals surface area contributed by atoms with Crippen LogP contribution in [0.2, 0.25) is 0 Å². The second-order valence-electron chi connectivity index (χ2n) is 2.76. The monoisotopic (exact) mass is 291 g/mol. The number of hydrogen-bond donors (Lipinski definition) is 1. The van der Waals surface area contributed by atoms with Gasteiger partial charge in [0.2, 0.25) is 0 Å². The minimum Gasteiger partial charge on any atom is -0.495 e. The normalized spacial score (nSPS) is 10.5. The van der Waals surface area contributed by atoms with Crippen LogP contribution in [0.25, 0.3) is 0 Å². The lowest BCUT2D eigenvalue weighted by Gasteiger charge is -2.13. The number of para-hydroxylation sites is 1. The fraction of sp³-hybridized carbons (Fsp3) is 0.300. The minimum absolute atomic E-state index is 0.0659. The topological polar surface area (TPSA) is 29.5 Å². The Balaban J connectivity index is 3.12. The van der Waals surface area contributed by atoms with Gasteiger partial charge in [0.05, 0.1) is 17.3 Å². The van der Waals surface area contributed by atoms with Crippen molar-refractivity contribution >= 4 is 22.6 Å². The highest BCUT2D eigenvalue weighted by atomic mass is 127. The highest BCUT2D eigenvalue weighted by Gasteiger charge is 2.12. The van der Waals surface area contributed by atoms with Crippen LogP contribution in [0.4, 0.5) is 0 Å². The Labute approximate surface area is 92.1 Å². The Morgan fingerprint density at radius 2 is 2.23 bits per heavy atom. The molecule has 1 aromatic carbocycles. The number of halogens is 1. The van der Waals surface area contributed by atoms with Crippen LogP contribution in [0.1, 0.15) is 12.5 Å². The van der Waals surface area contributed by atoms with Crippen molar-refractivity contribution in [2.45, 2.75) is 6.92 Å². The molecule has 0 aliphatic rings. The molecule has 0 aromatic heterocycles. The zero-order chi connectivity index (χ0) is 9.84. The van der Waals surface area contributed by atoms with E-state index in [1.54, 1.807) is 7.11 Å². The predicted molar refractivity (Wildman–Crippen MR) is 60.8 cm³/mol. The van der Waals surface area contributed by atoms with E-state index in [4.69, 9.17) is 9.84 Å². The van der Waals surface area contributed by atoms with Gasteiger partial charge in [-0.3, -0.25) is 0 Å². The molecule has 1 N–H and O–H groups in total. The fourth-order valence-electron chi connectivity index (χ4n) is 1.14. The molecule has 0 fully saturated rings. The largest absolute Gasteiger partial charge is 0.495 e. The van der Waals surface area contributed by atoms with Crippen LogP contribution < -0.4 is 4.74 Å². The van der Waals surface area contributed by atoms with Crippen LogP contribution in [0, 0.1) is 9.49 Å². The summed E-state index contributed by atoms with van der Waals surface area (Å²) in [6, 6.07) is 5.89.